The van der Waals surface area contributed by atoms with Gasteiger partial charge in [0.25, 0.3) is 0 Å². The molecule has 0 aromatic rings. The molecule has 7 heteroatoms. The van der Waals surface area contributed by atoms with E-state index in [-0.39, 0.29) is 10.8 Å². The summed E-state index contributed by atoms with van der Waals surface area (Å²) in [5.41, 5.74) is -0.129. The normalized spacial score (nSPS) is 13.1. The zero-order chi connectivity index (χ0) is 13.4. The molecular weight excluding hydrogens is 329 g/mol. The van der Waals surface area contributed by atoms with Gasteiger partial charge >= 0.3 is 0 Å². The van der Waals surface area contributed by atoms with Crippen molar-refractivity contribution in [3.63, 3.8) is 0 Å². The van der Waals surface area contributed by atoms with Gasteiger partial charge < -0.3 is 4.74 Å². The van der Waals surface area contributed by atoms with Crippen molar-refractivity contribution in [1.82, 2.24) is 0 Å². The van der Waals surface area contributed by atoms with Crippen LogP contribution >= 0.6 is 75.8 Å². The molecule has 0 radical (unpaired) electrons. The Hall–Kier alpha value is 2.06. The van der Waals surface area contributed by atoms with Gasteiger partial charge in [-0.3, -0.25) is 0 Å². The minimum absolute atomic E-state index is 0.0646. The van der Waals surface area contributed by atoms with E-state index in [0.29, 0.717) is 13.2 Å². The van der Waals surface area contributed by atoms with Gasteiger partial charge in [0.05, 0.1) is 13.2 Å². The minimum atomic E-state index is -0.0646. The van der Waals surface area contributed by atoms with E-state index in [0.717, 1.165) is 34.5 Å². The molecule has 0 fully saturated rings. The molecule has 0 saturated carbocycles. The molecule has 0 heterocycles. The summed E-state index contributed by atoms with van der Waals surface area (Å²) >= 11 is 26.1. The van der Waals surface area contributed by atoms with Crippen molar-refractivity contribution in [2.45, 2.75) is 0 Å². The number of thiol groups is 6. The Bertz CT molecular complexity index is 157. The van der Waals surface area contributed by atoms with E-state index in [2.05, 4.69) is 75.8 Å². The van der Waals surface area contributed by atoms with E-state index in [9.17, 15) is 0 Å². The third kappa shape index (κ3) is 5.92. The van der Waals surface area contributed by atoms with Gasteiger partial charge in [-0.25, -0.2) is 0 Å². The first-order valence-electron chi connectivity index (χ1n) is 5.30. The average Bonchev–Trinajstić information content (AvgIpc) is 2.41. The quantitative estimate of drug-likeness (QED) is 0.332. The Balaban J connectivity index is 4.28. The predicted molar refractivity (Wildman–Crippen MR) is 98.8 cm³/mol. The predicted octanol–water partition coefficient (Wildman–Crippen LogP) is 2.55. The maximum Gasteiger partial charge on any atom is 0.0546 e. The van der Waals surface area contributed by atoms with Crippen LogP contribution in [0.2, 0.25) is 0 Å². The first kappa shape index (κ1) is 19.1. The molecule has 0 atom stereocenters. The SMILES string of the molecule is SCC(CS)(CS)COCC(CS)(CS)CS. The lowest BCUT2D eigenvalue weighted by Crippen LogP contribution is -2.38. The van der Waals surface area contributed by atoms with Crippen molar-refractivity contribution in [1.29, 1.82) is 0 Å². The second kappa shape index (κ2) is 9.88. The smallest absolute Gasteiger partial charge is 0.0546 e. The average molecular weight is 351 g/mol. The van der Waals surface area contributed by atoms with Crippen LogP contribution in [0.4, 0.5) is 0 Å². The zero-order valence-corrected chi connectivity index (χ0v) is 15.1. The molecule has 0 spiro atoms. The van der Waals surface area contributed by atoms with Gasteiger partial charge in [0.15, 0.2) is 0 Å². The standard InChI is InChI=1S/C10H22OS6/c12-3-9(4-13,5-14)1-11-2-10(6-15,7-16)8-17/h12-17H,1-8H2. The summed E-state index contributed by atoms with van der Waals surface area (Å²) in [6, 6.07) is 0. The van der Waals surface area contributed by atoms with Crippen LogP contribution < -0.4 is 0 Å². The summed E-state index contributed by atoms with van der Waals surface area (Å²) in [6.45, 7) is 1.22. The maximum atomic E-state index is 5.82. The molecule has 0 amide bonds. The summed E-state index contributed by atoms with van der Waals surface area (Å²) in [5.74, 6) is 4.31. The first-order valence-corrected chi connectivity index (χ1v) is 9.10. The molecule has 0 bridgehead atoms. The molecule has 0 aliphatic rings. The Kier molecular flexibility index (Phi) is 11.1. The summed E-state index contributed by atoms with van der Waals surface area (Å²) in [7, 11) is 0. The van der Waals surface area contributed by atoms with E-state index in [1.807, 2.05) is 0 Å². The van der Waals surface area contributed by atoms with Gasteiger partial charge in [-0.1, -0.05) is 0 Å². The highest BCUT2D eigenvalue weighted by atomic mass is 32.1. The molecule has 0 aromatic heterocycles. The minimum Gasteiger partial charge on any atom is -0.380 e. The second-order valence-electron chi connectivity index (χ2n) is 4.44. The maximum absolute atomic E-state index is 5.82. The Labute approximate surface area is 138 Å². The van der Waals surface area contributed by atoms with Crippen molar-refractivity contribution < 1.29 is 4.74 Å². The highest BCUT2D eigenvalue weighted by molar-refractivity contribution is 7.82. The Morgan fingerprint density at radius 2 is 0.765 bits per heavy atom. The lowest BCUT2D eigenvalue weighted by atomic mass is 9.95. The molecule has 17 heavy (non-hydrogen) atoms. The molecule has 0 unspecified atom stereocenters. The van der Waals surface area contributed by atoms with Crippen LogP contribution in [0.5, 0.6) is 0 Å². The summed E-state index contributed by atoms with van der Waals surface area (Å²) in [4.78, 5) is 0. The highest BCUT2D eigenvalue weighted by Crippen LogP contribution is 2.27. The molecule has 104 valence electrons. The van der Waals surface area contributed by atoms with Crippen molar-refractivity contribution in [3.8, 4) is 0 Å². The topological polar surface area (TPSA) is 9.23 Å². The molecule has 1 nitrogen and oxygen atoms in total. The third-order valence-corrected chi connectivity index (χ3v) is 6.85. The molecular formula is C10H22OS6. The van der Waals surface area contributed by atoms with Crippen molar-refractivity contribution >= 4 is 75.8 Å². The van der Waals surface area contributed by atoms with Crippen LogP contribution in [0.25, 0.3) is 0 Å². The van der Waals surface area contributed by atoms with Gasteiger partial charge in [-0.2, -0.15) is 75.8 Å². The lowest BCUT2D eigenvalue weighted by molar-refractivity contribution is 0.0373. The first-order chi connectivity index (χ1) is 8.07. The van der Waals surface area contributed by atoms with Crippen molar-refractivity contribution in [2.75, 3.05) is 47.7 Å². The summed E-state index contributed by atoms with van der Waals surface area (Å²) in [5, 5.41) is 0. The van der Waals surface area contributed by atoms with Crippen LogP contribution in [-0.4, -0.2) is 47.7 Å². The Morgan fingerprint density at radius 3 is 0.941 bits per heavy atom. The molecule has 0 saturated heterocycles. The van der Waals surface area contributed by atoms with Gasteiger partial charge in [0, 0.05) is 10.8 Å². The van der Waals surface area contributed by atoms with E-state index >= 15 is 0 Å². The summed E-state index contributed by atoms with van der Waals surface area (Å²) < 4.78 is 5.82. The van der Waals surface area contributed by atoms with Crippen LogP contribution in [0.1, 0.15) is 0 Å². The lowest BCUT2D eigenvalue weighted by Gasteiger charge is -2.33. The van der Waals surface area contributed by atoms with Crippen LogP contribution in [0.3, 0.4) is 0 Å². The van der Waals surface area contributed by atoms with E-state index in [1.54, 1.807) is 0 Å². The van der Waals surface area contributed by atoms with E-state index < -0.39 is 0 Å². The highest BCUT2D eigenvalue weighted by Gasteiger charge is 2.30. The third-order valence-electron chi connectivity index (χ3n) is 2.83. The van der Waals surface area contributed by atoms with Crippen LogP contribution in [0.15, 0.2) is 0 Å². The van der Waals surface area contributed by atoms with E-state index in [4.69, 9.17) is 4.74 Å². The number of rotatable bonds is 10. The largest absolute Gasteiger partial charge is 0.380 e. The molecule has 0 N–H and O–H groups in total. The van der Waals surface area contributed by atoms with Crippen molar-refractivity contribution in [2.24, 2.45) is 10.8 Å². The van der Waals surface area contributed by atoms with Gasteiger partial charge in [0.2, 0.25) is 0 Å². The molecule has 0 aliphatic heterocycles. The summed E-state index contributed by atoms with van der Waals surface area (Å²) in [6.07, 6.45) is 0. The van der Waals surface area contributed by atoms with Gasteiger partial charge in [0.1, 0.15) is 0 Å². The second-order valence-corrected chi connectivity index (χ2v) is 6.34. The molecule has 0 aliphatic carbocycles. The fourth-order valence-electron chi connectivity index (χ4n) is 1.06. The molecule has 0 aromatic carbocycles. The molecule has 0 rings (SSSR count). The van der Waals surface area contributed by atoms with Crippen LogP contribution in [-0.2, 0) is 4.74 Å². The van der Waals surface area contributed by atoms with Crippen molar-refractivity contribution in [3.05, 3.63) is 0 Å². The monoisotopic (exact) mass is 350 g/mol. The fraction of sp³-hybridized carbons (Fsp3) is 1.00. The zero-order valence-electron chi connectivity index (χ0n) is 9.75. The van der Waals surface area contributed by atoms with E-state index in [1.165, 1.54) is 0 Å². The fourth-order valence-corrected chi connectivity index (χ4v) is 4.01. The van der Waals surface area contributed by atoms with Gasteiger partial charge in [-0.15, -0.1) is 0 Å². The van der Waals surface area contributed by atoms with Gasteiger partial charge in [-0.05, 0) is 34.5 Å². The number of hydrogen-bond donors (Lipinski definition) is 6. The number of hydrogen-bond acceptors (Lipinski definition) is 7. The van der Waals surface area contributed by atoms with Crippen LogP contribution in [0, 0.1) is 10.8 Å². The number of ether oxygens (including phenoxy) is 1. The Morgan fingerprint density at radius 1 is 0.529 bits per heavy atom.